The second-order valence-corrected chi connectivity index (χ2v) is 5.15. The molecule has 6 nitrogen and oxygen atoms in total. The van der Waals surface area contributed by atoms with Crippen LogP contribution in [0.1, 0.15) is 11.3 Å². The van der Waals surface area contributed by atoms with Gasteiger partial charge in [0.1, 0.15) is 23.4 Å². The smallest absolute Gasteiger partial charge is 0.242 e. The topological polar surface area (TPSA) is 64.7 Å². The highest BCUT2D eigenvalue weighted by atomic mass is 19.1. The summed E-state index contributed by atoms with van der Waals surface area (Å²) in [6, 6.07) is 6.04. The highest BCUT2D eigenvalue weighted by Crippen LogP contribution is 2.16. The number of hydrogen-bond donors (Lipinski definition) is 1. The Hall–Kier alpha value is -2.70. The average molecular weight is 301 g/mol. The number of aromatic nitrogens is 4. The van der Waals surface area contributed by atoms with Gasteiger partial charge in [-0.2, -0.15) is 10.2 Å². The minimum atomic E-state index is -0.291. The molecule has 114 valence electrons. The lowest BCUT2D eigenvalue weighted by molar-refractivity contribution is -0.121. The lowest BCUT2D eigenvalue weighted by Crippen LogP contribution is -2.27. The first-order valence-corrected chi connectivity index (χ1v) is 6.91. The van der Waals surface area contributed by atoms with E-state index in [1.54, 1.807) is 27.7 Å². The van der Waals surface area contributed by atoms with Crippen LogP contribution in [0.4, 0.5) is 4.39 Å². The Kier molecular flexibility index (Phi) is 3.62. The molecule has 3 aromatic rings. The Morgan fingerprint density at radius 2 is 2.05 bits per heavy atom. The summed E-state index contributed by atoms with van der Waals surface area (Å²) in [5.74, 6) is -0.446. The fourth-order valence-electron chi connectivity index (χ4n) is 2.43. The molecule has 0 aliphatic heterocycles. The lowest BCUT2D eigenvalue weighted by Gasteiger charge is -2.06. The Morgan fingerprint density at radius 3 is 2.77 bits per heavy atom. The highest BCUT2D eigenvalue weighted by Gasteiger charge is 2.13. The van der Waals surface area contributed by atoms with Crippen molar-refractivity contribution in [2.45, 2.75) is 20.0 Å². The van der Waals surface area contributed by atoms with E-state index in [1.807, 2.05) is 14.0 Å². The van der Waals surface area contributed by atoms with Crippen molar-refractivity contribution in [1.82, 2.24) is 24.9 Å². The first-order valence-electron chi connectivity index (χ1n) is 6.91. The number of halogens is 1. The van der Waals surface area contributed by atoms with Gasteiger partial charge >= 0.3 is 0 Å². The summed E-state index contributed by atoms with van der Waals surface area (Å²) in [6.45, 7) is 2.36. The third kappa shape index (κ3) is 2.69. The second-order valence-electron chi connectivity index (χ2n) is 5.15. The number of rotatable bonds is 4. The monoisotopic (exact) mass is 301 g/mol. The highest BCUT2D eigenvalue weighted by molar-refractivity contribution is 5.81. The normalized spacial score (nSPS) is 11.0. The quantitative estimate of drug-likeness (QED) is 0.795. The molecule has 0 radical (unpaired) electrons. The van der Waals surface area contributed by atoms with Crippen molar-refractivity contribution < 1.29 is 9.18 Å². The number of benzene rings is 1. The second kappa shape index (κ2) is 5.59. The molecule has 3 rings (SSSR count). The molecule has 0 fully saturated rings. The summed E-state index contributed by atoms with van der Waals surface area (Å²) in [7, 11) is 1.84. The van der Waals surface area contributed by atoms with E-state index < -0.39 is 0 Å². The van der Waals surface area contributed by atoms with Crippen LogP contribution < -0.4 is 5.32 Å². The van der Waals surface area contributed by atoms with Crippen molar-refractivity contribution in [2.75, 3.05) is 0 Å². The molecule has 0 saturated carbocycles. The molecule has 0 aliphatic rings. The third-order valence-electron chi connectivity index (χ3n) is 3.51. The number of fused-ring (bicyclic) bond motifs is 1. The van der Waals surface area contributed by atoms with Gasteiger partial charge < -0.3 is 5.32 Å². The van der Waals surface area contributed by atoms with Gasteiger partial charge in [-0.05, 0) is 24.6 Å². The molecule has 22 heavy (non-hydrogen) atoms. The molecule has 0 aliphatic carbocycles. The van der Waals surface area contributed by atoms with E-state index >= 15 is 0 Å². The van der Waals surface area contributed by atoms with Crippen molar-refractivity contribution in [3.05, 3.63) is 47.5 Å². The van der Waals surface area contributed by atoms with E-state index in [-0.39, 0.29) is 18.3 Å². The zero-order valence-corrected chi connectivity index (χ0v) is 12.4. The van der Waals surface area contributed by atoms with E-state index in [0.29, 0.717) is 6.54 Å². The van der Waals surface area contributed by atoms with Crippen molar-refractivity contribution >= 4 is 16.9 Å². The summed E-state index contributed by atoms with van der Waals surface area (Å²) in [6.07, 6.45) is 1.70. The molecule has 1 aromatic carbocycles. The Bertz CT molecular complexity index is 818. The molecule has 0 spiro atoms. The van der Waals surface area contributed by atoms with Crippen LogP contribution in [0, 0.1) is 12.7 Å². The first kappa shape index (κ1) is 14.2. The Morgan fingerprint density at radius 1 is 1.32 bits per heavy atom. The SMILES string of the molecule is Cc1nn(C)c2cnn(CC(=O)NCc3ccc(F)cc3)c12. The van der Waals surface area contributed by atoms with Crippen LogP contribution in [-0.4, -0.2) is 25.5 Å². The fraction of sp³-hybridized carbons (Fsp3) is 0.267. The maximum Gasteiger partial charge on any atom is 0.242 e. The van der Waals surface area contributed by atoms with Gasteiger partial charge in [-0.15, -0.1) is 0 Å². The molecular weight excluding hydrogens is 285 g/mol. The molecule has 1 amide bonds. The standard InChI is InChI=1S/C15H16FN5O/c1-10-15-13(20(2)19-10)8-18-21(15)9-14(22)17-7-11-3-5-12(16)6-4-11/h3-6,8H,7,9H2,1-2H3,(H,17,22). The Balaban J connectivity index is 1.67. The van der Waals surface area contributed by atoms with Crippen LogP contribution in [-0.2, 0) is 24.9 Å². The minimum Gasteiger partial charge on any atom is -0.350 e. The van der Waals surface area contributed by atoms with Gasteiger partial charge in [-0.1, -0.05) is 12.1 Å². The largest absolute Gasteiger partial charge is 0.350 e. The summed E-state index contributed by atoms with van der Waals surface area (Å²) in [4.78, 5) is 12.0. The minimum absolute atomic E-state index is 0.122. The van der Waals surface area contributed by atoms with E-state index in [0.717, 1.165) is 22.3 Å². The molecule has 7 heteroatoms. The van der Waals surface area contributed by atoms with Gasteiger partial charge in [0.05, 0.1) is 11.9 Å². The summed E-state index contributed by atoms with van der Waals surface area (Å²) < 4.78 is 16.2. The number of nitrogens with zero attached hydrogens (tertiary/aromatic N) is 4. The molecule has 2 aromatic heterocycles. The first-order chi connectivity index (χ1) is 10.5. The van der Waals surface area contributed by atoms with E-state index in [4.69, 9.17) is 0 Å². The number of amides is 1. The van der Waals surface area contributed by atoms with E-state index in [1.165, 1.54) is 12.1 Å². The molecule has 0 saturated heterocycles. The van der Waals surface area contributed by atoms with Crippen LogP contribution in [0.15, 0.2) is 30.5 Å². The maximum atomic E-state index is 12.8. The van der Waals surface area contributed by atoms with Crippen molar-refractivity contribution in [1.29, 1.82) is 0 Å². The van der Waals surface area contributed by atoms with Crippen LogP contribution in [0.2, 0.25) is 0 Å². The number of hydrogen-bond acceptors (Lipinski definition) is 3. The predicted molar refractivity (Wildman–Crippen MR) is 79.5 cm³/mol. The van der Waals surface area contributed by atoms with Crippen molar-refractivity contribution in [2.24, 2.45) is 7.05 Å². The molecule has 0 unspecified atom stereocenters. The number of carbonyl (C=O) groups is 1. The molecule has 1 N–H and O–H groups in total. The third-order valence-corrected chi connectivity index (χ3v) is 3.51. The van der Waals surface area contributed by atoms with Gasteiger partial charge in [0, 0.05) is 13.6 Å². The average Bonchev–Trinajstić information content (AvgIpc) is 3.01. The number of aryl methyl sites for hydroxylation is 2. The van der Waals surface area contributed by atoms with Gasteiger partial charge in [0.15, 0.2) is 0 Å². The van der Waals surface area contributed by atoms with Crippen LogP contribution in [0.3, 0.4) is 0 Å². The fourth-order valence-corrected chi connectivity index (χ4v) is 2.43. The van der Waals surface area contributed by atoms with Crippen molar-refractivity contribution in [3.63, 3.8) is 0 Å². The molecule has 2 heterocycles. The molecule has 0 bridgehead atoms. The van der Waals surface area contributed by atoms with Gasteiger partial charge in [-0.3, -0.25) is 14.2 Å². The van der Waals surface area contributed by atoms with Gasteiger partial charge in [0.25, 0.3) is 0 Å². The van der Waals surface area contributed by atoms with E-state index in [9.17, 15) is 9.18 Å². The van der Waals surface area contributed by atoms with Crippen LogP contribution in [0.25, 0.3) is 11.0 Å². The van der Waals surface area contributed by atoms with Gasteiger partial charge in [-0.25, -0.2) is 4.39 Å². The summed E-state index contributed by atoms with van der Waals surface area (Å²) in [5, 5.41) is 11.3. The maximum absolute atomic E-state index is 12.8. The lowest BCUT2D eigenvalue weighted by atomic mass is 10.2. The number of carbonyl (C=O) groups excluding carboxylic acids is 1. The molecule has 0 atom stereocenters. The van der Waals surface area contributed by atoms with E-state index in [2.05, 4.69) is 15.5 Å². The van der Waals surface area contributed by atoms with Crippen LogP contribution >= 0.6 is 0 Å². The summed E-state index contributed by atoms with van der Waals surface area (Å²) >= 11 is 0. The van der Waals surface area contributed by atoms with Crippen molar-refractivity contribution in [3.8, 4) is 0 Å². The predicted octanol–water partition coefficient (Wildman–Crippen LogP) is 1.53. The van der Waals surface area contributed by atoms with Crippen LogP contribution in [0.5, 0.6) is 0 Å². The molecular formula is C15H16FN5O. The number of nitrogens with one attached hydrogen (secondary N) is 1. The Labute approximate surface area is 126 Å². The summed E-state index contributed by atoms with van der Waals surface area (Å²) in [5.41, 5.74) is 3.43. The van der Waals surface area contributed by atoms with Gasteiger partial charge in [0.2, 0.25) is 5.91 Å². The zero-order chi connectivity index (χ0) is 15.7. The zero-order valence-electron chi connectivity index (χ0n) is 12.4.